The lowest BCUT2D eigenvalue weighted by atomic mass is 9.95. The first kappa shape index (κ1) is 12.8. The fraction of sp³-hybridized carbons (Fsp3) is 0.538. The fourth-order valence-corrected chi connectivity index (χ4v) is 2.37. The van der Waals surface area contributed by atoms with Gasteiger partial charge in [-0.1, -0.05) is 0 Å². The normalized spacial score (nSPS) is 24.1. The van der Waals surface area contributed by atoms with Crippen LogP contribution in [0.3, 0.4) is 0 Å². The third-order valence-electron chi connectivity index (χ3n) is 3.30. The van der Waals surface area contributed by atoms with Crippen LogP contribution in [0.25, 0.3) is 0 Å². The van der Waals surface area contributed by atoms with Crippen molar-refractivity contribution >= 4 is 11.8 Å². The summed E-state index contributed by atoms with van der Waals surface area (Å²) < 4.78 is 0. The molecule has 1 saturated heterocycles. The van der Waals surface area contributed by atoms with E-state index in [4.69, 9.17) is 5.11 Å². The van der Waals surface area contributed by atoms with Crippen LogP contribution in [-0.4, -0.2) is 39.9 Å². The molecule has 1 aliphatic heterocycles. The summed E-state index contributed by atoms with van der Waals surface area (Å²) in [6.07, 6.45) is 1.70. The molecule has 0 aliphatic carbocycles. The number of carboxylic acid groups (broad SMARTS) is 1. The minimum Gasteiger partial charge on any atom is -0.478 e. The molecular formula is C13H18N2O3. The van der Waals surface area contributed by atoms with Crippen molar-refractivity contribution in [2.75, 3.05) is 18.0 Å². The Hall–Kier alpha value is -1.62. The number of hydrogen-bond acceptors (Lipinski definition) is 4. The topological polar surface area (TPSA) is 73.7 Å². The number of aliphatic hydroxyl groups is 1. The van der Waals surface area contributed by atoms with Crippen molar-refractivity contribution in [1.29, 1.82) is 0 Å². The Morgan fingerprint density at radius 1 is 1.50 bits per heavy atom. The number of piperidine rings is 1. The van der Waals surface area contributed by atoms with Crippen molar-refractivity contribution in [1.82, 2.24) is 4.98 Å². The summed E-state index contributed by atoms with van der Waals surface area (Å²) >= 11 is 0. The van der Waals surface area contributed by atoms with Crippen LogP contribution in [-0.2, 0) is 0 Å². The van der Waals surface area contributed by atoms with Gasteiger partial charge in [0.1, 0.15) is 5.82 Å². The molecule has 0 bridgehead atoms. The second-order valence-corrected chi connectivity index (χ2v) is 5.13. The molecule has 1 unspecified atom stereocenters. The van der Waals surface area contributed by atoms with Gasteiger partial charge in [0.05, 0.1) is 16.9 Å². The summed E-state index contributed by atoms with van der Waals surface area (Å²) in [7, 11) is 0. The number of anilines is 1. The van der Waals surface area contributed by atoms with Gasteiger partial charge in [0.2, 0.25) is 0 Å². The maximum atomic E-state index is 10.9. The van der Waals surface area contributed by atoms with E-state index in [2.05, 4.69) is 4.98 Å². The monoisotopic (exact) mass is 250 g/mol. The third kappa shape index (κ3) is 2.61. The number of carbonyl (C=O) groups is 1. The van der Waals surface area contributed by atoms with Gasteiger partial charge in [-0.25, -0.2) is 9.78 Å². The Kier molecular flexibility index (Phi) is 3.26. The van der Waals surface area contributed by atoms with Gasteiger partial charge >= 0.3 is 5.97 Å². The van der Waals surface area contributed by atoms with Crippen LogP contribution in [0.4, 0.5) is 5.82 Å². The van der Waals surface area contributed by atoms with Crippen molar-refractivity contribution in [2.45, 2.75) is 32.3 Å². The molecule has 98 valence electrons. The first-order valence-corrected chi connectivity index (χ1v) is 6.07. The number of carboxylic acids is 1. The molecule has 1 aliphatic rings. The van der Waals surface area contributed by atoms with E-state index in [0.29, 0.717) is 12.2 Å². The number of hydrogen-bond donors (Lipinski definition) is 2. The summed E-state index contributed by atoms with van der Waals surface area (Å²) in [4.78, 5) is 17.2. The number of β-amino-alcohol motifs (C(OH)–C–C–N with tert-alkyl or cyclic N) is 1. The second-order valence-electron chi connectivity index (χ2n) is 5.13. The van der Waals surface area contributed by atoms with E-state index >= 15 is 0 Å². The molecule has 2 rings (SSSR count). The Morgan fingerprint density at radius 3 is 2.78 bits per heavy atom. The zero-order valence-electron chi connectivity index (χ0n) is 10.7. The zero-order valence-corrected chi connectivity index (χ0v) is 10.7. The average molecular weight is 250 g/mol. The van der Waals surface area contributed by atoms with Crippen molar-refractivity contribution < 1.29 is 15.0 Å². The molecule has 0 spiro atoms. The lowest BCUT2D eigenvalue weighted by Gasteiger charge is -2.37. The highest BCUT2D eigenvalue weighted by molar-refractivity contribution is 5.89. The molecule has 1 atom stereocenters. The Labute approximate surface area is 106 Å². The quantitative estimate of drug-likeness (QED) is 0.830. The van der Waals surface area contributed by atoms with Crippen LogP contribution >= 0.6 is 0 Å². The molecule has 5 nitrogen and oxygen atoms in total. The van der Waals surface area contributed by atoms with Crippen molar-refractivity contribution in [3.05, 3.63) is 23.4 Å². The van der Waals surface area contributed by atoms with Crippen LogP contribution in [0.2, 0.25) is 0 Å². The lowest BCUT2D eigenvalue weighted by molar-refractivity contribution is 0.0446. The maximum Gasteiger partial charge on any atom is 0.337 e. The van der Waals surface area contributed by atoms with E-state index in [1.165, 1.54) is 0 Å². The molecule has 1 aromatic heterocycles. The summed E-state index contributed by atoms with van der Waals surface area (Å²) in [5, 5.41) is 19.0. The van der Waals surface area contributed by atoms with Gasteiger partial charge in [-0.15, -0.1) is 0 Å². The van der Waals surface area contributed by atoms with Crippen molar-refractivity contribution in [3.8, 4) is 0 Å². The Bertz CT molecular complexity index is 471. The summed E-state index contributed by atoms with van der Waals surface area (Å²) in [5.41, 5.74) is 0.0343. The van der Waals surface area contributed by atoms with E-state index in [9.17, 15) is 9.90 Å². The first-order chi connectivity index (χ1) is 8.39. The molecule has 1 fully saturated rings. The maximum absolute atomic E-state index is 10.9. The van der Waals surface area contributed by atoms with Crippen LogP contribution in [0.15, 0.2) is 12.1 Å². The minimum atomic E-state index is -0.961. The molecule has 5 heteroatoms. The minimum absolute atomic E-state index is 0.225. The third-order valence-corrected chi connectivity index (χ3v) is 3.30. The highest BCUT2D eigenvalue weighted by atomic mass is 16.4. The molecule has 2 N–H and O–H groups in total. The Balaban J connectivity index is 2.24. The highest BCUT2D eigenvalue weighted by Gasteiger charge is 2.29. The van der Waals surface area contributed by atoms with E-state index in [-0.39, 0.29) is 5.56 Å². The number of aromatic carboxylic acids is 1. The predicted molar refractivity (Wildman–Crippen MR) is 68.0 cm³/mol. The number of aromatic nitrogens is 1. The van der Waals surface area contributed by atoms with Gasteiger partial charge in [0.25, 0.3) is 0 Å². The summed E-state index contributed by atoms with van der Waals surface area (Å²) in [6, 6.07) is 3.28. The number of rotatable bonds is 2. The Morgan fingerprint density at radius 2 is 2.22 bits per heavy atom. The zero-order chi connectivity index (χ0) is 13.3. The number of aryl methyl sites for hydroxylation is 1. The fourth-order valence-electron chi connectivity index (χ4n) is 2.37. The van der Waals surface area contributed by atoms with E-state index in [1.54, 1.807) is 19.1 Å². The molecular weight excluding hydrogens is 232 g/mol. The van der Waals surface area contributed by atoms with Crippen LogP contribution in [0.5, 0.6) is 0 Å². The molecule has 0 radical (unpaired) electrons. The van der Waals surface area contributed by atoms with Gasteiger partial charge in [0, 0.05) is 13.1 Å². The van der Waals surface area contributed by atoms with Gasteiger partial charge in [-0.05, 0) is 38.8 Å². The molecule has 1 aromatic rings. The predicted octanol–water partition coefficient (Wildman–Crippen LogP) is 1.44. The van der Waals surface area contributed by atoms with E-state index < -0.39 is 11.6 Å². The largest absolute Gasteiger partial charge is 0.478 e. The van der Waals surface area contributed by atoms with E-state index in [1.807, 2.05) is 11.8 Å². The van der Waals surface area contributed by atoms with Crippen LogP contribution in [0.1, 0.15) is 35.8 Å². The average Bonchev–Trinajstić information content (AvgIpc) is 2.27. The summed E-state index contributed by atoms with van der Waals surface area (Å²) in [5.74, 6) is -0.227. The molecule has 0 saturated carbocycles. The molecule has 18 heavy (non-hydrogen) atoms. The summed E-state index contributed by atoms with van der Waals surface area (Å²) in [6.45, 7) is 4.88. The number of pyridine rings is 1. The van der Waals surface area contributed by atoms with E-state index in [0.717, 1.165) is 25.2 Å². The number of nitrogens with zero attached hydrogens (tertiary/aromatic N) is 2. The lowest BCUT2D eigenvalue weighted by Crippen LogP contribution is -2.46. The van der Waals surface area contributed by atoms with Crippen LogP contribution in [0, 0.1) is 6.92 Å². The van der Waals surface area contributed by atoms with Crippen molar-refractivity contribution in [2.24, 2.45) is 0 Å². The molecule has 2 heterocycles. The van der Waals surface area contributed by atoms with Gasteiger partial charge in [-0.3, -0.25) is 0 Å². The highest BCUT2D eigenvalue weighted by Crippen LogP contribution is 2.25. The van der Waals surface area contributed by atoms with Gasteiger partial charge < -0.3 is 15.1 Å². The SMILES string of the molecule is Cc1nc(N2CCCC(C)(O)C2)ccc1C(=O)O. The first-order valence-electron chi connectivity index (χ1n) is 6.07. The second kappa shape index (κ2) is 4.57. The van der Waals surface area contributed by atoms with Crippen molar-refractivity contribution in [3.63, 3.8) is 0 Å². The molecule has 0 aromatic carbocycles. The van der Waals surface area contributed by atoms with Gasteiger partial charge in [-0.2, -0.15) is 0 Å². The standard InChI is InChI=1S/C13H18N2O3/c1-9-10(12(16)17)4-5-11(14-9)15-7-3-6-13(2,18)8-15/h4-5,18H,3,6-8H2,1-2H3,(H,16,17). The van der Waals surface area contributed by atoms with Gasteiger partial charge in [0.15, 0.2) is 0 Å². The van der Waals surface area contributed by atoms with Crippen LogP contribution < -0.4 is 4.90 Å². The smallest absolute Gasteiger partial charge is 0.337 e. The molecule has 0 amide bonds.